The Balaban J connectivity index is 1.40. The van der Waals surface area contributed by atoms with E-state index in [0.29, 0.717) is 23.2 Å². The third-order valence-electron chi connectivity index (χ3n) is 5.34. The first kappa shape index (κ1) is 24.5. The van der Waals surface area contributed by atoms with Crippen LogP contribution in [0, 0.1) is 0 Å². The largest absolute Gasteiger partial charge is 0.455 e. The third-order valence-corrected chi connectivity index (χ3v) is 6.21. The molecule has 7 nitrogen and oxygen atoms in total. The Kier molecular flexibility index (Phi) is 8.15. The van der Waals surface area contributed by atoms with Crippen molar-refractivity contribution in [2.45, 2.75) is 43.8 Å². The van der Waals surface area contributed by atoms with Crippen molar-refractivity contribution in [3.8, 4) is 0 Å². The number of carbonyl (C=O) groups is 1. The number of pyridine rings is 1. The topological polar surface area (TPSA) is 84.2 Å². The van der Waals surface area contributed by atoms with Crippen molar-refractivity contribution in [2.24, 2.45) is 0 Å². The fourth-order valence-electron chi connectivity index (χ4n) is 3.40. The van der Waals surface area contributed by atoms with Crippen molar-refractivity contribution in [1.29, 1.82) is 0 Å². The van der Waals surface area contributed by atoms with Gasteiger partial charge in [-0.1, -0.05) is 62.0 Å². The van der Waals surface area contributed by atoms with Crippen LogP contribution in [0.25, 0.3) is 0 Å². The van der Waals surface area contributed by atoms with Gasteiger partial charge < -0.3 is 14.6 Å². The maximum absolute atomic E-state index is 12.4. The van der Waals surface area contributed by atoms with Crippen molar-refractivity contribution in [2.75, 3.05) is 11.9 Å². The molecule has 0 atom stereocenters. The lowest BCUT2D eigenvalue weighted by atomic mass is 10.1. The van der Waals surface area contributed by atoms with E-state index < -0.39 is 0 Å². The minimum atomic E-state index is -0.269. The van der Waals surface area contributed by atoms with Crippen LogP contribution in [0.4, 0.5) is 5.82 Å². The Bertz CT molecular complexity index is 1240. The fourth-order valence-corrected chi connectivity index (χ4v) is 4.15. The molecule has 0 aliphatic heterocycles. The Morgan fingerprint density at radius 2 is 1.86 bits per heavy atom. The van der Waals surface area contributed by atoms with Gasteiger partial charge in [0.2, 0.25) is 0 Å². The minimum Gasteiger partial charge on any atom is -0.455 e. The molecule has 4 rings (SSSR count). The number of rotatable bonds is 10. The van der Waals surface area contributed by atoms with Crippen LogP contribution in [0.2, 0.25) is 0 Å². The standard InChI is InChI=1S/C27H29N5O2S/c1-19(2)23-15-25(32(3)17-20-9-5-4-6-10-20)31-27(30-23)35-18-22-12-13-24(34-22)26(33)29-16-21-11-7-8-14-28-21/h4-15,19H,16-18H2,1-3H3,(H,29,33). The predicted molar refractivity (Wildman–Crippen MR) is 138 cm³/mol. The predicted octanol–water partition coefficient (Wildman–Crippen LogP) is 5.45. The number of anilines is 1. The molecule has 3 aromatic heterocycles. The molecule has 0 radical (unpaired) electrons. The number of thioether (sulfide) groups is 1. The van der Waals surface area contributed by atoms with Gasteiger partial charge in [-0.15, -0.1) is 0 Å². The molecule has 180 valence electrons. The van der Waals surface area contributed by atoms with Crippen LogP contribution in [-0.4, -0.2) is 27.9 Å². The van der Waals surface area contributed by atoms with Gasteiger partial charge in [0, 0.05) is 31.5 Å². The fraction of sp³-hybridized carbons (Fsp3) is 0.259. The Hall–Kier alpha value is -3.65. The van der Waals surface area contributed by atoms with E-state index in [0.717, 1.165) is 23.8 Å². The van der Waals surface area contributed by atoms with Gasteiger partial charge in [0.25, 0.3) is 5.91 Å². The summed E-state index contributed by atoms with van der Waals surface area (Å²) in [5.41, 5.74) is 3.00. The van der Waals surface area contributed by atoms with Crippen molar-refractivity contribution in [3.05, 3.63) is 101 Å². The van der Waals surface area contributed by atoms with E-state index in [9.17, 15) is 4.79 Å². The zero-order chi connectivity index (χ0) is 24.6. The van der Waals surface area contributed by atoms with Crippen LogP contribution in [0.3, 0.4) is 0 Å². The molecule has 1 aromatic carbocycles. The number of aromatic nitrogens is 3. The first-order valence-corrected chi connectivity index (χ1v) is 12.5. The molecule has 0 unspecified atom stereocenters. The second-order valence-electron chi connectivity index (χ2n) is 8.49. The highest BCUT2D eigenvalue weighted by Crippen LogP contribution is 2.26. The molecule has 0 bridgehead atoms. The summed E-state index contributed by atoms with van der Waals surface area (Å²) in [4.78, 5) is 28.3. The number of amides is 1. The first-order valence-electron chi connectivity index (χ1n) is 11.5. The zero-order valence-electron chi connectivity index (χ0n) is 20.1. The highest BCUT2D eigenvalue weighted by Gasteiger charge is 2.15. The number of benzene rings is 1. The SMILES string of the molecule is CC(C)c1cc(N(C)Cc2ccccc2)nc(SCc2ccc(C(=O)NCc3ccccn3)o2)n1. The number of hydrogen-bond acceptors (Lipinski definition) is 7. The number of nitrogens with one attached hydrogen (secondary N) is 1. The van der Waals surface area contributed by atoms with Gasteiger partial charge >= 0.3 is 0 Å². The lowest BCUT2D eigenvalue weighted by Crippen LogP contribution is -2.22. The summed E-state index contributed by atoms with van der Waals surface area (Å²) in [6, 6.07) is 21.5. The molecule has 0 fully saturated rings. The van der Waals surface area contributed by atoms with Crippen LogP contribution in [0.5, 0.6) is 0 Å². The molecular weight excluding hydrogens is 458 g/mol. The molecule has 1 N–H and O–H groups in total. The summed E-state index contributed by atoms with van der Waals surface area (Å²) in [6.45, 7) is 5.36. The van der Waals surface area contributed by atoms with Gasteiger partial charge in [0.05, 0.1) is 18.0 Å². The van der Waals surface area contributed by atoms with Crippen molar-refractivity contribution < 1.29 is 9.21 Å². The Morgan fingerprint density at radius 3 is 2.60 bits per heavy atom. The summed E-state index contributed by atoms with van der Waals surface area (Å²) < 4.78 is 5.77. The quantitative estimate of drug-likeness (QED) is 0.235. The van der Waals surface area contributed by atoms with Crippen LogP contribution >= 0.6 is 11.8 Å². The van der Waals surface area contributed by atoms with E-state index in [1.54, 1.807) is 12.3 Å². The summed E-state index contributed by atoms with van der Waals surface area (Å²) in [6.07, 6.45) is 1.70. The second kappa shape index (κ2) is 11.7. The monoisotopic (exact) mass is 487 g/mol. The number of furan rings is 1. The number of hydrogen-bond donors (Lipinski definition) is 1. The van der Waals surface area contributed by atoms with Gasteiger partial charge in [0.15, 0.2) is 10.9 Å². The van der Waals surface area contributed by atoms with Gasteiger partial charge in [-0.25, -0.2) is 9.97 Å². The molecule has 0 aliphatic rings. The molecule has 4 aromatic rings. The van der Waals surface area contributed by atoms with Gasteiger partial charge in [0.1, 0.15) is 11.6 Å². The summed E-state index contributed by atoms with van der Waals surface area (Å²) >= 11 is 1.49. The van der Waals surface area contributed by atoms with E-state index in [2.05, 4.69) is 47.2 Å². The van der Waals surface area contributed by atoms with Gasteiger partial charge in [-0.3, -0.25) is 9.78 Å². The van der Waals surface area contributed by atoms with Crippen molar-refractivity contribution >= 4 is 23.5 Å². The van der Waals surface area contributed by atoms with Gasteiger partial charge in [-0.2, -0.15) is 0 Å². The average molecular weight is 488 g/mol. The van der Waals surface area contributed by atoms with Crippen LogP contribution < -0.4 is 10.2 Å². The van der Waals surface area contributed by atoms with Crippen molar-refractivity contribution in [1.82, 2.24) is 20.3 Å². The highest BCUT2D eigenvalue weighted by molar-refractivity contribution is 7.98. The molecule has 0 spiro atoms. The average Bonchev–Trinajstić information content (AvgIpc) is 3.36. The van der Waals surface area contributed by atoms with E-state index in [1.807, 2.05) is 49.5 Å². The molecule has 1 amide bonds. The molecule has 0 saturated carbocycles. The summed E-state index contributed by atoms with van der Waals surface area (Å²) in [5, 5.41) is 3.51. The molecule has 0 aliphatic carbocycles. The maximum atomic E-state index is 12.4. The molecular formula is C27H29N5O2S. The highest BCUT2D eigenvalue weighted by atomic mass is 32.2. The molecule has 8 heteroatoms. The molecule has 35 heavy (non-hydrogen) atoms. The van der Waals surface area contributed by atoms with Gasteiger partial charge in [-0.05, 0) is 35.7 Å². The summed E-state index contributed by atoms with van der Waals surface area (Å²) in [5.74, 6) is 2.38. The third kappa shape index (κ3) is 6.93. The lowest BCUT2D eigenvalue weighted by molar-refractivity contribution is 0.0921. The number of carbonyl (C=O) groups excluding carboxylic acids is 1. The minimum absolute atomic E-state index is 0.269. The number of nitrogens with zero attached hydrogens (tertiary/aromatic N) is 4. The summed E-state index contributed by atoms with van der Waals surface area (Å²) in [7, 11) is 2.04. The lowest BCUT2D eigenvalue weighted by Gasteiger charge is -2.20. The van der Waals surface area contributed by atoms with Crippen LogP contribution in [0.1, 0.15) is 53.0 Å². The van der Waals surface area contributed by atoms with E-state index in [1.165, 1.54) is 17.3 Å². The zero-order valence-corrected chi connectivity index (χ0v) is 21.0. The van der Waals surface area contributed by atoms with E-state index >= 15 is 0 Å². The van der Waals surface area contributed by atoms with Crippen molar-refractivity contribution in [3.63, 3.8) is 0 Å². The second-order valence-corrected chi connectivity index (χ2v) is 9.43. The maximum Gasteiger partial charge on any atom is 0.287 e. The molecule has 0 saturated heterocycles. The van der Waals surface area contributed by atoms with E-state index in [-0.39, 0.29) is 17.6 Å². The molecule has 3 heterocycles. The van der Waals surface area contributed by atoms with Crippen LogP contribution in [0.15, 0.2) is 82.5 Å². The Morgan fingerprint density at radius 1 is 1.06 bits per heavy atom. The normalized spacial score (nSPS) is 11.0. The van der Waals surface area contributed by atoms with E-state index in [4.69, 9.17) is 14.4 Å². The van der Waals surface area contributed by atoms with Crippen LogP contribution in [-0.2, 0) is 18.8 Å². The first-order chi connectivity index (χ1) is 17.0. The smallest absolute Gasteiger partial charge is 0.287 e. The Labute approximate surface area is 210 Å².